The van der Waals surface area contributed by atoms with Crippen LogP contribution < -0.4 is 16.6 Å². The molecule has 19 heavy (non-hydrogen) atoms. The first kappa shape index (κ1) is 13.6. The van der Waals surface area contributed by atoms with Gasteiger partial charge in [-0.05, 0) is 12.5 Å². The van der Waals surface area contributed by atoms with Crippen LogP contribution >= 0.6 is 0 Å². The molecule has 104 valence electrons. The van der Waals surface area contributed by atoms with Crippen LogP contribution in [0.4, 0.5) is 0 Å². The third-order valence-electron chi connectivity index (χ3n) is 3.29. The van der Waals surface area contributed by atoms with E-state index in [4.69, 9.17) is 10.3 Å². The molecule has 1 aromatic heterocycles. The standard InChI is InChI=1S/C12H18N4O3/c1-2-9-11(17)14-4-5-16(9)7-8-3-6-19-10(8)12(18)15-13/h3,6,9H,2,4-5,7,13H2,1H3,(H,14,17)(H,15,18). The molecule has 1 atom stereocenters. The number of carbonyl (C=O) groups is 2. The van der Waals surface area contributed by atoms with Crippen LogP contribution in [0.3, 0.4) is 0 Å². The number of hydrogen-bond donors (Lipinski definition) is 3. The van der Waals surface area contributed by atoms with Crippen molar-refractivity contribution in [3.05, 3.63) is 23.7 Å². The van der Waals surface area contributed by atoms with Crippen molar-refractivity contribution in [3.8, 4) is 0 Å². The van der Waals surface area contributed by atoms with Crippen molar-refractivity contribution in [2.75, 3.05) is 13.1 Å². The van der Waals surface area contributed by atoms with E-state index in [9.17, 15) is 9.59 Å². The fourth-order valence-electron chi connectivity index (χ4n) is 2.34. The number of nitrogens with two attached hydrogens (primary N) is 1. The van der Waals surface area contributed by atoms with E-state index in [2.05, 4.69) is 5.32 Å². The fraction of sp³-hybridized carbons (Fsp3) is 0.500. The van der Waals surface area contributed by atoms with Crippen LogP contribution in [0.25, 0.3) is 0 Å². The quantitative estimate of drug-likeness (QED) is 0.391. The van der Waals surface area contributed by atoms with Crippen molar-refractivity contribution in [3.63, 3.8) is 0 Å². The average Bonchev–Trinajstić information content (AvgIpc) is 2.86. The van der Waals surface area contributed by atoms with Gasteiger partial charge in [0.1, 0.15) is 0 Å². The number of hydrazine groups is 1. The predicted octanol–water partition coefficient (Wildman–Crippen LogP) is -0.406. The normalized spacial score (nSPS) is 20.1. The van der Waals surface area contributed by atoms with E-state index in [-0.39, 0.29) is 17.7 Å². The Morgan fingerprint density at radius 3 is 3.16 bits per heavy atom. The number of hydrogen-bond acceptors (Lipinski definition) is 5. The third-order valence-corrected chi connectivity index (χ3v) is 3.29. The molecule has 1 fully saturated rings. The number of amides is 2. The van der Waals surface area contributed by atoms with Gasteiger partial charge in [0.2, 0.25) is 5.91 Å². The summed E-state index contributed by atoms with van der Waals surface area (Å²) in [7, 11) is 0. The summed E-state index contributed by atoms with van der Waals surface area (Å²) >= 11 is 0. The van der Waals surface area contributed by atoms with Crippen molar-refractivity contribution < 1.29 is 14.0 Å². The average molecular weight is 266 g/mol. The van der Waals surface area contributed by atoms with Crippen LogP contribution in [0.1, 0.15) is 29.5 Å². The Bertz CT molecular complexity index is 471. The Labute approximate surface area is 111 Å². The highest BCUT2D eigenvalue weighted by molar-refractivity contribution is 5.92. The summed E-state index contributed by atoms with van der Waals surface area (Å²) < 4.78 is 5.14. The number of nitrogens with zero attached hydrogens (tertiary/aromatic N) is 1. The van der Waals surface area contributed by atoms with Gasteiger partial charge >= 0.3 is 5.91 Å². The molecule has 1 aromatic rings. The first-order chi connectivity index (χ1) is 9.17. The predicted molar refractivity (Wildman–Crippen MR) is 67.9 cm³/mol. The number of nitrogens with one attached hydrogen (secondary N) is 2. The minimum Gasteiger partial charge on any atom is -0.459 e. The molecule has 4 N–H and O–H groups in total. The van der Waals surface area contributed by atoms with Gasteiger partial charge in [0, 0.05) is 25.2 Å². The second kappa shape index (κ2) is 5.85. The molecular weight excluding hydrogens is 248 g/mol. The summed E-state index contributed by atoms with van der Waals surface area (Å²) in [4.78, 5) is 25.3. The maximum absolute atomic E-state index is 11.8. The molecule has 0 saturated carbocycles. The van der Waals surface area contributed by atoms with Gasteiger partial charge in [0.15, 0.2) is 5.76 Å². The van der Waals surface area contributed by atoms with E-state index < -0.39 is 5.91 Å². The largest absolute Gasteiger partial charge is 0.459 e. The molecule has 1 aliphatic heterocycles. The van der Waals surface area contributed by atoms with Crippen LogP contribution in [-0.4, -0.2) is 35.8 Å². The lowest BCUT2D eigenvalue weighted by Crippen LogP contribution is -2.54. The van der Waals surface area contributed by atoms with Crippen molar-refractivity contribution in [2.45, 2.75) is 25.9 Å². The van der Waals surface area contributed by atoms with Crippen molar-refractivity contribution in [2.24, 2.45) is 5.84 Å². The van der Waals surface area contributed by atoms with E-state index in [1.165, 1.54) is 6.26 Å². The molecule has 0 spiro atoms. The number of rotatable bonds is 4. The summed E-state index contributed by atoms with van der Waals surface area (Å²) in [6.07, 6.45) is 2.17. The smallest absolute Gasteiger partial charge is 0.301 e. The van der Waals surface area contributed by atoms with Crippen LogP contribution in [0.2, 0.25) is 0 Å². The van der Waals surface area contributed by atoms with Crippen LogP contribution in [-0.2, 0) is 11.3 Å². The van der Waals surface area contributed by atoms with Gasteiger partial charge in [0.05, 0.1) is 12.3 Å². The van der Waals surface area contributed by atoms with Crippen molar-refractivity contribution in [1.29, 1.82) is 0 Å². The Morgan fingerprint density at radius 1 is 1.68 bits per heavy atom. The molecule has 7 nitrogen and oxygen atoms in total. The zero-order chi connectivity index (χ0) is 13.8. The zero-order valence-electron chi connectivity index (χ0n) is 10.8. The lowest BCUT2D eigenvalue weighted by atomic mass is 10.1. The monoisotopic (exact) mass is 266 g/mol. The first-order valence-electron chi connectivity index (χ1n) is 6.26. The third kappa shape index (κ3) is 2.77. The highest BCUT2D eigenvalue weighted by Crippen LogP contribution is 2.17. The lowest BCUT2D eigenvalue weighted by Gasteiger charge is -2.34. The van der Waals surface area contributed by atoms with E-state index in [0.717, 1.165) is 18.5 Å². The maximum Gasteiger partial charge on any atom is 0.301 e. The molecular formula is C12H18N4O3. The highest BCUT2D eigenvalue weighted by atomic mass is 16.3. The minimum absolute atomic E-state index is 0.0297. The van der Waals surface area contributed by atoms with Gasteiger partial charge in [-0.25, -0.2) is 5.84 Å². The molecule has 0 bridgehead atoms. The number of nitrogen functional groups attached to an aromatic ring is 1. The Morgan fingerprint density at radius 2 is 2.47 bits per heavy atom. The van der Waals surface area contributed by atoms with Crippen LogP contribution in [0, 0.1) is 0 Å². The maximum atomic E-state index is 11.8. The summed E-state index contributed by atoms with van der Waals surface area (Å²) in [6, 6.07) is 1.56. The molecule has 2 amide bonds. The molecule has 0 aromatic carbocycles. The number of piperazine rings is 1. The molecule has 1 saturated heterocycles. The van der Waals surface area contributed by atoms with Crippen LogP contribution in [0.5, 0.6) is 0 Å². The Hall–Kier alpha value is -1.86. The number of carbonyl (C=O) groups excluding carboxylic acids is 2. The second-order valence-electron chi connectivity index (χ2n) is 4.43. The van der Waals surface area contributed by atoms with Gasteiger partial charge in [-0.1, -0.05) is 6.92 Å². The molecule has 2 heterocycles. The molecule has 1 unspecified atom stereocenters. The molecule has 1 aliphatic rings. The topological polar surface area (TPSA) is 101 Å². The Kier molecular flexibility index (Phi) is 4.18. The van der Waals surface area contributed by atoms with Crippen LogP contribution in [0.15, 0.2) is 16.7 Å². The summed E-state index contributed by atoms with van der Waals surface area (Å²) in [5, 5.41) is 2.84. The van der Waals surface area contributed by atoms with E-state index >= 15 is 0 Å². The Balaban J connectivity index is 2.14. The van der Waals surface area contributed by atoms with Gasteiger partial charge in [-0.15, -0.1) is 0 Å². The molecule has 2 rings (SSSR count). The van der Waals surface area contributed by atoms with Crippen molar-refractivity contribution >= 4 is 11.8 Å². The SMILES string of the molecule is CCC1C(=O)NCCN1Cc1ccoc1C(=O)NN. The zero-order valence-corrected chi connectivity index (χ0v) is 10.8. The van der Waals surface area contributed by atoms with Gasteiger partial charge in [-0.3, -0.25) is 19.9 Å². The number of furan rings is 1. The van der Waals surface area contributed by atoms with E-state index in [1.54, 1.807) is 6.07 Å². The van der Waals surface area contributed by atoms with Gasteiger partial charge in [-0.2, -0.15) is 0 Å². The second-order valence-corrected chi connectivity index (χ2v) is 4.43. The first-order valence-corrected chi connectivity index (χ1v) is 6.26. The molecule has 0 radical (unpaired) electrons. The fourth-order valence-corrected chi connectivity index (χ4v) is 2.34. The summed E-state index contributed by atoms with van der Waals surface area (Å²) in [5.41, 5.74) is 2.78. The summed E-state index contributed by atoms with van der Waals surface area (Å²) in [6.45, 7) is 3.82. The summed E-state index contributed by atoms with van der Waals surface area (Å²) in [5.74, 6) is 4.87. The lowest BCUT2D eigenvalue weighted by molar-refractivity contribution is -0.129. The van der Waals surface area contributed by atoms with Gasteiger partial charge < -0.3 is 9.73 Å². The van der Waals surface area contributed by atoms with Gasteiger partial charge in [0.25, 0.3) is 0 Å². The highest BCUT2D eigenvalue weighted by Gasteiger charge is 2.29. The molecule has 7 heteroatoms. The van der Waals surface area contributed by atoms with E-state index in [1.807, 2.05) is 17.2 Å². The molecule has 0 aliphatic carbocycles. The van der Waals surface area contributed by atoms with Crippen molar-refractivity contribution in [1.82, 2.24) is 15.6 Å². The minimum atomic E-state index is -0.463. The van der Waals surface area contributed by atoms with E-state index in [0.29, 0.717) is 13.1 Å².